The minimum Gasteiger partial charge on any atom is -0.343 e. The highest BCUT2D eigenvalue weighted by Crippen LogP contribution is 2.25. The second-order valence-corrected chi connectivity index (χ2v) is 7.19. The number of hydrogen-bond donors (Lipinski definition) is 1. The molecule has 2 unspecified atom stereocenters. The van der Waals surface area contributed by atoms with Gasteiger partial charge in [0.15, 0.2) is 0 Å². The number of rotatable bonds is 2. The minimum absolute atomic E-state index is 0.00304. The molecule has 0 bridgehead atoms. The van der Waals surface area contributed by atoms with Crippen molar-refractivity contribution < 1.29 is 9.59 Å². The highest BCUT2D eigenvalue weighted by molar-refractivity contribution is 7.09. The maximum absolute atomic E-state index is 12.2. The highest BCUT2D eigenvalue weighted by atomic mass is 32.1. The van der Waals surface area contributed by atoms with Crippen LogP contribution in [-0.2, 0) is 21.5 Å². The van der Waals surface area contributed by atoms with Gasteiger partial charge in [0.05, 0.1) is 12.2 Å². The Morgan fingerprint density at radius 3 is 2.55 bits per heavy atom. The maximum atomic E-state index is 12.2. The predicted octanol–water partition coefficient (Wildman–Crippen LogP) is 1.68. The Hall–Kier alpha value is -1.43. The lowest BCUT2D eigenvalue weighted by Gasteiger charge is -2.35. The number of nitrogens with one attached hydrogen (secondary N) is 1. The van der Waals surface area contributed by atoms with Gasteiger partial charge in [-0.2, -0.15) is 0 Å². The molecular weight excluding hydrogens is 274 g/mol. The van der Waals surface area contributed by atoms with E-state index in [1.54, 1.807) is 18.7 Å². The third-order valence-electron chi connectivity index (χ3n) is 3.48. The van der Waals surface area contributed by atoms with E-state index in [1.165, 1.54) is 11.3 Å². The quantitative estimate of drug-likeness (QED) is 0.903. The molecule has 0 saturated carbocycles. The minimum atomic E-state index is -0.458. The molecule has 2 amide bonds. The Labute approximate surface area is 123 Å². The van der Waals surface area contributed by atoms with Crippen LogP contribution in [0.2, 0.25) is 0 Å². The van der Waals surface area contributed by atoms with Gasteiger partial charge < -0.3 is 10.2 Å². The molecule has 5 nitrogen and oxygen atoms in total. The molecule has 110 valence electrons. The summed E-state index contributed by atoms with van der Waals surface area (Å²) in [4.78, 5) is 30.2. The zero-order chi connectivity index (χ0) is 15.1. The number of aromatic nitrogens is 1. The molecular formula is C14H21N3O2S. The lowest BCUT2D eigenvalue weighted by atomic mass is 9.93. The fraction of sp³-hybridized carbons (Fsp3) is 0.643. The topological polar surface area (TPSA) is 62.3 Å². The molecule has 6 heteroatoms. The number of carbonyl (C=O) groups excluding carboxylic acids is 2. The van der Waals surface area contributed by atoms with E-state index in [1.807, 2.05) is 5.38 Å². The van der Waals surface area contributed by atoms with Crippen LogP contribution in [0, 0.1) is 0 Å². The predicted molar refractivity (Wildman–Crippen MR) is 78.4 cm³/mol. The molecule has 2 heterocycles. The van der Waals surface area contributed by atoms with Gasteiger partial charge in [-0.1, -0.05) is 20.8 Å². The largest absolute Gasteiger partial charge is 0.343 e. The summed E-state index contributed by atoms with van der Waals surface area (Å²) in [5.41, 5.74) is 1.02. The smallest absolute Gasteiger partial charge is 0.245 e. The van der Waals surface area contributed by atoms with Crippen molar-refractivity contribution in [3.8, 4) is 0 Å². The van der Waals surface area contributed by atoms with Crippen molar-refractivity contribution in [1.82, 2.24) is 15.2 Å². The molecule has 1 aliphatic rings. The number of nitrogens with zero attached hydrogens (tertiary/aromatic N) is 2. The van der Waals surface area contributed by atoms with Crippen molar-refractivity contribution >= 4 is 23.2 Å². The van der Waals surface area contributed by atoms with Crippen LogP contribution in [0.5, 0.6) is 0 Å². The van der Waals surface area contributed by atoms with Crippen LogP contribution in [-0.4, -0.2) is 33.8 Å². The molecule has 1 aliphatic heterocycles. The molecule has 1 N–H and O–H groups in total. The Bertz CT molecular complexity index is 533. The normalized spacial score (nSPS) is 23.9. The van der Waals surface area contributed by atoms with Gasteiger partial charge in [0.2, 0.25) is 11.8 Å². The monoisotopic (exact) mass is 295 g/mol. The van der Waals surface area contributed by atoms with Crippen LogP contribution in [0.1, 0.15) is 45.3 Å². The average Bonchev–Trinajstić information content (AvgIpc) is 2.80. The fourth-order valence-corrected chi connectivity index (χ4v) is 3.08. The molecule has 0 spiro atoms. The van der Waals surface area contributed by atoms with Crippen molar-refractivity contribution in [2.24, 2.45) is 0 Å². The fourth-order valence-electron chi connectivity index (χ4n) is 2.07. The summed E-state index contributed by atoms with van der Waals surface area (Å²) in [5.74, 6) is -0.158. The molecule has 2 rings (SSSR count). The lowest BCUT2D eigenvalue weighted by Crippen LogP contribution is -2.60. The first-order chi connectivity index (χ1) is 9.20. The summed E-state index contributed by atoms with van der Waals surface area (Å²) in [5, 5.41) is 5.57. The SMILES string of the molecule is CC1NC(=O)C(C)N(Cc2nc(C(C)(C)C)cs2)C1=O. The first kappa shape index (κ1) is 15.0. The van der Waals surface area contributed by atoms with Crippen molar-refractivity contribution in [3.63, 3.8) is 0 Å². The maximum Gasteiger partial charge on any atom is 0.245 e. The molecule has 1 saturated heterocycles. The van der Waals surface area contributed by atoms with Crippen molar-refractivity contribution in [2.45, 2.75) is 58.7 Å². The van der Waals surface area contributed by atoms with Gasteiger partial charge in [-0.15, -0.1) is 11.3 Å². The number of piperazine rings is 1. The van der Waals surface area contributed by atoms with Crippen LogP contribution >= 0.6 is 11.3 Å². The first-order valence-electron chi connectivity index (χ1n) is 6.76. The van der Waals surface area contributed by atoms with E-state index >= 15 is 0 Å². The van der Waals surface area contributed by atoms with Crippen molar-refractivity contribution in [1.29, 1.82) is 0 Å². The number of carbonyl (C=O) groups is 2. The number of amides is 2. The van der Waals surface area contributed by atoms with Crippen LogP contribution in [0.3, 0.4) is 0 Å². The Morgan fingerprint density at radius 1 is 1.35 bits per heavy atom. The van der Waals surface area contributed by atoms with E-state index < -0.39 is 12.1 Å². The van der Waals surface area contributed by atoms with E-state index in [4.69, 9.17) is 0 Å². The van der Waals surface area contributed by atoms with E-state index in [9.17, 15) is 9.59 Å². The average molecular weight is 295 g/mol. The van der Waals surface area contributed by atoms with Gasteiger partial charge in [-0.25, -0.2) is 4.98 Å². The second kappa shape index (κ2) is 5.16. The van der Waals surface area contributed by atoms with E-state index in [0.29, 0.717) is 6.54 Å². The Morgan fingerprint density at radius 2 is 2.00 bits per heavy atom. The molecule has 0 aromatic carbocycles. The Balaban J connectivity index is 2.17. The van der Waals surface area contributed by atoms with Crippen molar-refractivity contribution in [2.75, 3.05) is 0 Å². The number of hydrogen-bond acceptors (Lipinski definition) is 4. The molecule has 0 radical (unpaired) electrons. The molecule has 1 fully saturated rings. The van der Waals surface area contributed by atoms with Crippen molar-refractivity contribution in [3.05, 3.63) is 16.1 Å². The summed E-state index contributed by atoms with van der Waals surface area (Å²) >= 11 is 1.54. The lowest BCUT2D eigenvalue weighted by molar-refractivity contribution is -0.148. The van der Waals surface area contributed by atoms with Crippen LogP contribution < -0.4 is 5.32 Å². The van der Waals surface area contributed by atoms with Crippen LogP contribution in [0.15, 0.2) is 5.38 Å². The van der Waals surface area contributed by atoms with E-state index in [-0.39, 0.29) is 17.2 Å². The van der Waals surface area contributed by atoms with Gasteiger partial charge in [0, 0.05) is 10.8 Å². The standard InChI is InChI=1S/C14H21N3O2S/c1-8-13(19)17(9(2)12(18)15-8)6-11-16-10(7-20-11)14(3,4)5/h7-9H,6H2,1-5H3,(H,15,18). The third kappa shape index (κ3) is 2.85. The first-order valence-corrected chi connectivity index (χ1v) is 7.64. The van der Waals surface area contributed by atoms with Gasteiger partial charge in [0.1, 0.15) is 17.1 Å². The molecule has 20 heavy (non-hydrogen) atoms. The van der Waals surface area contributed by atoms with E-state index in [0.717, 1.165) is 10.7 Å². The zero-order valence-electron chi connectivity index (χ0n) is 12.6. The van der Waals surface area contributed by atoms with Crippen LogP contribution in [0.25, 0.3) is 0 Å². The third-order valence-corrected chi connectivity index (χ3v) is 4.32. The van der Waals surface area contributed by atoms with Gasteiger partial charge in [-0.05, 0) is 13.8 Å². The van der Waals surface area contributed by atoms with Gasteiger partial charge >= 0.3 is 0 Å². The molecule has 0 aliphatic carbocycles. The Kier molecular flexibility index (Phi) is 3.86. The summed E-state index contributed by atoms with van der Waals surface area (Å²) in [6.07, 6.45) is 0. The summed E-state index contributed by atoms with van der Waals surface area (Å²) in [6, 6.07) is -0.901. The van der Waals surface area contributed by atoms with Gasteiger partial charge in [-0.3, -0.25) is 9.59 Å². The molecule has 1 aromatic heterocycles. The number of thiazole rings is 1. The van der Waals surface area contributed by atoms with Gasteiger partial charge in [0.25, 0.3) is 0 Å². The summed E-state index contributed by atoms with van der Waals surface area (Å²) < 4.78 is 0. The molecule has 2 atom stereocenters. The summed E-state index contributed by atoms with van der Waals surface area (Å²) in [7, 11) is 0. The second-order valence-electron chi connectivity index (χ2n) is 6.25. The summed E-state index contributed by atoms with van der Waals surface area (Å²) in [6.45, 7) is 10.2. The van der Waals surface area contributed by atoms with Crippen LogP contribution in [0.4, 0.5) is 0 Å². The highest BCUT2D eigenvalue weighted by Gasteiger charge is 2.36. The van der Waals surface area contributed by atoms with E-state index in [2.05, 4.69) is 31.1 Å². The zero-order valence-corrected chi connectivity index (χ0v) is 13.4. The molecule has 1 aromatic rings.